The number of carbonyl (C=O) groups excluding carboxylic acids is 1. The van der Waals surface area contributed by atoms with Crippen molar-refractivity contribution in [3.05, 3.63) is 39.9 Å². The van der Waals surface area contributed by atoms with Crippen LogP contribution in [0.3, 0.4) is 0 Å². The Labute approximate surface area is 122 Å². The van der Waals surface area contributed by atoms with Gasteiger partial charge in [0, 0.05) is 17.5 Å². The molecule has 0 aliphatic carbocycles. The first-order chi connectivity index (χ1) is 9.36. The van der Waals surface area contributed by atoms with Gasteiger partial charge in [0.15, 0.2) is 11.9 Å². The number of carboxylic acid groups (broad SMARTS) is 1. The number of aliphatic carboxylic acids is 1. The zero-order valence-corrected chi connectivity index (χ0v) is 12.1. The lowest BCUT2D eigenvalue weighted by molar-refractivity contribution is -0.144. The fourth-order valence-corrected chi connectivity index (χ4v) is 2.43. The molecule has 2 rings (SSSR count). The molecular formula is C15H15ClO4. The second kappa shape index (κ2) is 5.29. The zero-order chi connectivity index (χ0) is 15.0. The Morgan fingerprint density at radius 3 is 2.75 bits per heavy atom. The normalized spacial score (nSPS) is 16.4. The summed E-state index contributed by atoms with van der Waals surface area (Å²) >= 11 is 6.21. The number of Topliss-reactive ketones (excluding diaryl/α,β-unsaturated/α-hetero) is 1. The fourth-order valence-electron chi connectivity index (χ4n) is 2.20. The van der Waals surface area contributed by atoms with Crippen LogP contribution in [0.2, 0.25) is 5.02 Å². The number of fused-ring (bicyclic) bond motifs is 1. The largest absolute Gasteiger partial charge is 0.478 e. The van der Waals surface area contributed by atoms with Gasteiger partial charge in [0.1, 0.15) is 5.75 Å². The predicted molar refractivity (Wildman–Crippen MR) is 75.7 cm³/mol. The molecule has 0 amide bonds. The van der Waals surface area contributed by atoms with Gasteiger partial charge in [0.2, 0.25) is 0 Å². The van der Waals surface area contributed by atoms with E-state index in [0.29, 0.717) is 39.5 Å². The highest BCUT2D eigenvalue weighted by molar-refractivity contribution is 6.36. The maximum absolute atomic E-state index is 12.2. The van der Waals surface area contributed by atoms with Crippen LogP contribution in [0.1, 0.15) is 34.8 Å². The highest BCUT2D eigenvalue weighted by atomic mass is 35.5. The summed E-state index contributed by atoms with van der Waals surface area (Å²) in [6.07, 6.45) is -0.138. The molecule has 1 aromatic rings. The number of halogens is 1. The Kier molecular flexibility index (Phi) is 3.86. The van der Waals surface area contributed by atoms with Crippen LogP contribution in [0.25, 0.3) is 0 Å². The maximum Gasteiger partial charge on any atom is 0.345 e. The molecule has 1 aromatic carbocycles. The minimum atomic E-state index is -1.03. The molecule has 4 nitrogen and oxygen atoms in total. The van der Waals surface area contributed by atoms with Crippen molar-refractivity contribution in [1.29, 1.82) is 0 Å². The van der Waals surface area contributed by atoms with Crippen LogP contribution in [-0.4, -0.2) is 23.0 Å². The lowest BCUT2D eigenvalue weighted by Gasteiger charge is -2.11. The standard InChI is InChI=1S/C15H15ClO4/c1-4-7(2)13(17)10-5-9-6-11(15(18)19)20-14(9)8(3)12(10)16/h5,11H,2,4,6H2,1,3H3,(H,18,19). The van der Waals surface area contributed by atoms with E-state index in [9.17, 15) is 9.59 Å². The molecule has 0 fully saturated rings. The third-order valence-corrected chi connectivity index (χ3v) is 3.94. The molecule has 20 heavy (non-hydrogen) atoms. The number of ketones is 1. The van der Waals surface area contributed by atoms with E-state index >= 15 is 0 Å². The predicted octanol–water partition coefficient (Wildman–Crippen LogP) is 3.19. The van der Waals surface area contributed by atoms with E-state index in [1.807, 2.05) is 6.92 Å². The van der Waals surface area contributed by atoms with Gasteiger partial charge in [-0.1, -0.05) is 25.1 Å². The summed E-state index contributed by atoms with van der Waals surface area (Å²) in [4.78, 5) is 23.2. The molecule has 0 saturated heterocycles. The van der Waals surface area contributed by atoms with E-state index in [0.717, 1.165) is 0 Å². The quantitative estimate of drug-likeness (QED) is 0.684. The summed E-state index contributed by atoms with van der Waals surface area (Å²) in [5.41, 5.74) is 2.14. The Morgan fingerprint density at radius 1 is 1.55 bits per heavy atom. The minimum absolute atomic E-state index is 0.206. The van der Waals surface area contributed by atoms with Crippen LogP contribution in [0.4, 0.5) is 0 Å². The van der Waals surface area contributed by atoms with Crippen LogP contribution < -0.4 is 4.74 Å². The van der Waals surface area contributed by atoms with E-state index in [4.69, 9.17) is 21.4 Å². The van der Waals surface area contributed by atoms with E-state index in [1.165, 1.54) is 0 Å². The minimum Gasteiger partial charge on any atom is -0.478 e. The third kappa shape index (κ3) is 2.31. The monoisotopic (exact) mass is 294 g/mol. The Hall–Kier alpha value is -1.81. The average Bonchev–Trinajstić information content (AvgIpc) is 2.85. The zero-order valence-electron chi connectivity index (χ0n) is 11.3. The summed E-state index contributed by atoms with van der Waals surface area (Å²) in [5, 5.41) is 9.31. The van der Waals surface area contributed by atoms with Crippen molar-refractivity contribution in [3.63, 3.8) is 0 Å². The molecule has 106 valence electrons. The Morgan fingerprint density at radius 2 is 2.20 bits per heavy atom. The fraction of sp³-hybridized carbons (Fsp3) is 0.333. The molecular weight excluding hydrogens is 280 g/mol. The molecule has 5 heteroatoms. The lowest BCUT2D eigenvalue weighted by atomic mass is 9.96. The first-order valence-electron chi connectivity index (χ1n) is 6.30. The molecule has 1 aliphatic rings. The van der Waals surface area contributed by atoms with Gasteiger partial charge in [0.25, 0.3) is 0 Å². The molecule has 0 bridgehead atoms. The number of carbonyl (C=O) groups is 2. The molecule has 1 atom stereocenters. The third-order valence-electron chi connectivity index (χ3n) is 3.45. The first kappa shape index (κ1) is 14.6. The molecule has 1 N–H and O–H groups in total. The first-order valence-corrected chi connectivity index (χ1v) is 6.68. The van der Waals surface area contributed by atoms with Crippen molar-refractivity contribution in [2.75, 3.05) is 0 Å². The van der Waals surface area contributed by atoms with Crippen molar-refractivity contribution in [2.45, 2.75) is 32.8 Å². The summed E-state index contributed by atoms with van der Waals surface area (Å²) in [5.74, 6) is -0.759. The molecule has 0 saturated carbocycles. The van der Waals surface area contributed by atoms with Gasteiger partial charge >= 0.3 is 5.97 Å². The van der Waals surface area contributed by atoms with Gasteiger partial charge in [-0.3, -0.25) is 4.79 Å². The van der Waals surface area contributed by atoms with Crippen LogP contribution in [0.5, 0.6) is 5.75 Å². The number of carboxylic acids is 1. The molecule has 0 spiro atoms. The second-order valence-corrected chi connectivity index (χ2v) is 5.16. The van der Waals surface area contributed by atoms with Gasteiger partial charge in [0.05, 0.1) is 5.02 Å². The van der Waals surface area contributed by atoms with Crippen LogP contribution in [0, 0.1) is 6.92 Å². The summed E-state index contributed by atoms with van der Waals surface area (Å²) in [6.45, 7) is 7.29. The molecule has 0 radical (unpaired) electrons. The van der Waals surface area contributed by atoms with Gasteiger partial charge in [-0.15, -0.1) is 0 Å². The van der Waals surface area contributed by atoms with E-state index < -0.39 is 12.1 Å². The van der Waals surface area contributed by atoms with Crippen molar-refractivity contribution >= 4 is 23.4 Å². The van der Waals surface area contributed by atoms with Gasteiger partial charge in [-0.25, -0.2) is 4.79 Å². The van der Waals surface area contributed by atoms with Gasteiger partial charge < -0.3 is 9.84 Å². The van der Waals surface area contributed by atoms with E-state index in [1.54, 1.807) is 13.0 Å². The summed E-state index contributed by atoms with van der Waals surface area (Å²) in [6, 6.07) is 1.62. The van der Waals surface area contributed by atoms with Crippen molar-refractivity contribution in [3.8, 4) is 5.75 Å². The maximum atomic E-state index is 12.2. The summed E-state index contributed by atoms with van der Waals surface area (Å²) in [7, 11) is 0. The molecule has 1 aliphatic heterocycles. The number of hydrogen-bond acceptors (Lipinski definition) is 3. The highest BCUT2D eigenvalue weighted by Gasteiger charge is 2.32. The highest BCUT2D eigenvalue weighted by Crippen LogP contribution is 2.39. The van der Waals surface area contributed by atoms with Crippen LogP contribution in [-0.2, 0) is 11.2 Å². The van der Waals surface area contributed by atoms with Crippen molar-refractivity contribution < 1.29 is 19.4 Å². The number of hydrogen-bond donors (Lipinski definition) is 1. The SMILES string of the molecule is C=C(CC)C(=O)c1cc2c(c(C)c1Cl)OC(C(=O)O)C2. The Balaban J connectivity index is 2.48. The molecule has 1 heterocycles. The van der Waals surface area contributed by atoms with E-state index in [2.05, 4.69) is 6.58 Å². The van der Waals surface area contributed by atoms with Gasteiger partial charge in [-0.2, -0.15) is 0 Å². The Bertz CT molecular complexity index is 619. The number of allylic oxidation sites excluding steroid dienone is 1. The topological polar surface area (TPSA) is 63.6 Å². The van der Waals surface area contributed by atoms with Crippen LogP contribution >= 0.6 is 11.6 Å². The van der Waals surface area contributed by atoms with E-state index in [-0.39, 0.29) is 12.2 Å². The molecule has 1 unspecified atom stereocenters. The van der Waals surface area contributed by atoms with Crippen LogP contribution in [0.15, 0.2) is 18.2 Å². The lowest BCUT2D eigenvalue weighted by Crippen LogP contribution is -2.24. The van der Waals surface area contributed by atoms with Crippen molar-refractivity contribution in [1.82, 2.24) is 0 Å². The molecule has 0 aromatic heterocycles. The van der Waals surface area contributed by atoms with Gasteiger partial charge in [-0.05, 0) is 30.5 Å². The number of rotatable bonds is 4. The average molecular weight is 295 g/mol. The smallest absolute Gasteiger partial charge is 0.345 e. The number of benzene rings is 1. The second-order valence-electron chi connectivity index (χ2n) is 4.79. The van der Waals surface area contributed by atoms with Crippen molar-refractivity contribution in [2.24, 2.45) is 0 Å². The number of ether oxygens (including phenoxy) is 1. The summed E-state index contributed by atoms with van der Waals surface area (Å²) < 4.78 is 5.38.